The number of aryl methyl sites for hydroxylation is 1. The molecule has 0 saturated carbocycles. The van der Waals surface area contributed by atoms with Crippen molar-refractivity contribution >= 4 is 52.1 Å². The lowest BCUT2D eigenvalue weighted by Gasteiger charge is -2.35. The number of halogens is 1. The van der Waals surface area contributed by atoms with E-state index in [1.807, 2.05) is 57.5 Å². The third-order valence-electron chi connectivity index (χ3n) is 5.90. The normalized spacial score (nSPS) is 18.9. The molecule has 0 radical (unpaired) electrons. The van der Waals surface area contributed by atoms with Crippen LogP contribution in [-0.4, -0.2) is 64.1 Å². The lowest BCUT2D eigenvalue weighted by molar-refractivity contribution is -0.144. The van der Waals surface area contributed by atoms with E-state index in [0.29, 0.717) is 6.54 Å². The summed E-state index contributed by atoms with van der Waals surface area (Å²) in [4.78, 5) is 45.4. The molecule has 35 heavy (non-hydrogen) atoms. The van der Waals surface area contributed by atoms with Gasteiger partial charge in [0.25, 0.3) is 0 Å². The largest absolute Gasteiger partial charge is 0.391 e. The molecule has 11 heteroatoms. The zero-order valence-corrected chi connectivity index (χ0v) is 23.2. The van der Waals surface area contributed by atoms with Gasteiger partial charge in [0.1, 0.15) is 41.7 Å². The first-order chi connectivity index (χ1) is 16.5. The van der Waals surface area contributed by atoms with E-state index in [9.17, 15) is 19.5 Å². The van der Waals surface area contributed by atoms with Crippen LogP contribution in [0, 0.1) is 12.3 Å². The van der Waals surface area contributed by atoms with Crippen molar-refractivity contribution in [3.05, 3.63) is 41.0 Å². The molecule has 3 rings (SSSR count). The highest BCUT2D eigenvalue weighted by atomic mass is 127. The summed E-state index contributed by atoms with van der Waals surface area (Å²) >= 11 is 3.20. The van der Waals surface area contributed by atoms with Crippen LogP contribution in [0.1, 0.15) is 38.4 Å². The van der Waals surface area contributed by atoms with Crippen LogP contribution in [0.15, 0.2) is 29.8 Å². The molecule has 1 saturated heterocycles. The topological polar surface area (TPSA) is 121 Å². The molecular weight excluding hydrogens is 583 g/mol. The monoisotopic (exact) mass is 614 g/mol. The number of hydrogen-bond donors (Lipinski definition) is 3. The van der Waals surface area contributed by atoms with Gasteiger partial charge in [-0.1, -0.05) is 45.0 Å². The van der Waals surface area contributed by atoms with Crippen LogP contribution in [0.3, 0.4) is 0 Å². The van der Waals surface area contributed by atoms with Crippen LogP contribution in [0.5, 0.6) is 0 Å². The van der Waals surface area contributed by atoms with Crippen molar-refractivity contribution in [3.63, 3.8) is 0 Å². The third kappa shape index (κ3) is 6.99. The summed E-state index contributed by atoms with van der Waals surface area (Å²) in [6, 6.07) is 6.19. The second-order valence-electron chi connectivity index (χ2n) is 9.70. The lowest BCUT2D eigenvalue weighted by Crippen LogP contribution is -2.58. The molecule has 1 fully saturated rings. The second kappa shape index (κ2) is 11.8. The second-order valence-corrected chi connectivity index (χ2v) is 11.2. The maximum Gasteiger partial charge on any atom is 0.247 e. The molecule has 9 nitrogen and oxygen atoms in total. The Kier molecular flexibility index (Phi) is 9.24. The van der Waals surface area contributed by atoms with E-state index >= 15 is 0 Å². The van der Waals surface area contributed by atoms with Gasteiger partial charge in [0.15, 0.2) is 0 Å². The number of aliphatic hydroxyl groups excluding tert-OH is 1. The number of carbonyl (C=O) groups excluding carboxylic acids is 3. The summed E-state index contributed by atoms with van der Waals surface area (Å²) in [7, 11) is 0. The minimum atomic E-state index is -0.870. The number of thiazole rings is 1. The number of β-amino-alcohol motifs (C(OH)–C–C–N with tert-alkyl or cyclic N) is 1. The summed E-state index contributed by atoms with van der Waals surface area (Å²) in [5.74, 6) is -1.17. The van der Waals surface area contributed by atoms with Gasteiger partial charge in [-0.3, -0.25) is 14.4 Å². The maximum absolute atomic E-state index is 13.4. The van der Waals surface area contributed by atoms with Gasteiger partial charge >= 0.3 is 0 Å². The summed E-state index contributed by atoms with van der Waals surface area (Å²) in [5, 5.41) is 15.9. The van der Waals surface area contributed by atoms with Gasteiger partial charge in [-0.25, -0.2) is 4.98 Å². The molecule has 2 aromatic rings. The Hall–Kier alpha value is -2.09. The molecule has 1 unspecified atom stereocenters. The van der Waals surface area contributed by atoms with E-state index < -0.39 is 35.4 Å². The van der Waals surface area contributed by atoms with Gasteiger partial charge in [-0.05, 0) is 23.5 Å². The molecule has 3 amide bonds. The summed E-state index contributed by atoms with van der Waals surface area (Å²) in [6.07, 6.45) is -0.673. The fourth-order valence-electron chi connectivity index (χ4n) is 4.03. The van der Waals surface area contributed by atoms with E-state index in [4.69, 9.17) is 3.07 Å². The summed E-state index contributed by atoms with van der Waals surface area (Å²) in [5.41, 5.74) is 4.17. The molecule has 1 aromatic carbocycles. The first kappa shape index (κ1) is 27.5. The minimum Gasteiger partial charge on any atom is -0.391 e. The summed E-state index contributed by atoms with van der Waals surface area (Å²) < 4.78 is 4.83. The zero-order chi connectivity index (χ0) is 25.8. The van der Waals surface area contributed by atoms with Crippen LogP contribution in [0.4, 0.5) is 0 Å². The van der Waals surface area contributed by atoms with Crippen LogP contribution in [0.2, 0.25) is 0 Å². The Bertz CT molecular complexity index is 1050. The maximum atomic E-state index is 13.4. The van der Waals surface area contributed by atoms with Crippen molar-refractivity contribution in [2.75, 3.05) is 13.2 Å². The van der Waals surface area contributed by atoms with Gasteiger partial charge in [0.2, 0.25) is 17.7 Å². The summed E-state index contributed by atoms with van der Waals surface area (Å²) in [6.45, 7) is 7.61. The van der Waals surface area contributed by atoms with E-state index in [0.717, 1.165) is 21.7 Å². The lowest BCUT2D eigenvalue weighted by atomic mass is 9.85. The Morgan fingerprint density at radius 1 is 1.29 bits per heavy atom. The molecule has 0 bridgehead atoms. The molecule has 3 atom stereocenters. The quantitative estimate of drug-likeness (QED) is 0.394. The SMILES string of the molecule is Cc1ncsc1-c1ccc(CNC(=O)[C@@H]2C[C@@H](O)CN2C(=O)C(NC(=O)COI)C(C)(C)C)cc1. The number of benzene rings is 1. The fraction of sp³-hybridized carbons (Fsp3) is 0.500. The predicted molar refractivity (Wildman–Crippen MR) is 142 cm³/mol. The average Bonchev–Trinajstić information content (AvgIpc) is 3.40. The number of likely N-dealkylation sites (tertiary alicyclic amines) is 1. The van der Waals surface area contributed by atoms with Crippen LogP contribution in [0.25, 0.3) is 10.4 Å². The van der Waals surface area contributed by atoms with Gasteiger partial charge in [0.05, 0.1) is 22.2 Å². The molecule has 190 valence electrons. The molecule has 3 N–H and O–H groups in total. The predicted octanol–water partition coefficient (Wildman–Crippen LogP) is 2.59. The van der Waals surface area contributed by atoms with Gasteiger partial charge in [-0.2, -0.15) is 0 Å². The number of amides is 3. The molecule has 1 aliphatic rings. The smallest absolute Gasteiger partial charge is 0.247 e. The van der Waals surface area contributed by atoms with Gasteiger partial charge < -0.3 is 23.7 Å². The van der Waals surface area contributed by atoms with Crippen LogP contribution < -0.4 is 10.6 Å². The number of rotatable bonds is 8. The molecule has 0 aliphatic carbocycles. The first-order valence-electron chi connectivity index (χ1n) is 11.3. The Labute approximate surface area is 223 Å². The molecule has 0 spiro atoms. The van der Waals surface area contributed by atoms with Crippen molar-refractivity contribution in [2.45, 2.75) is 58.8 Å². The van der Waals surface area contributed by atoms with E-state index in [1.54, 1.807) is 34.3 Å². The number of aromatic nitrogens is 1. The fourth-order valence-corrected chi connectivity index (χ4v) is 5.13. The minimum absolute atomic E-state index is 0.0328. The van der Waals surface area contributed by atoms with Crippen LogP contribution in [-0.2, 0) is 24.0 Å². The third-order valence-corrected chi connectivity index (χ3v) is 7.19. The van der Waals surface area contributed by atoms with Crippen molar-refractivity contribution in [3.8, 4) is 10.4 Å². The first-order valence-corrected chi connectivity index (χ1v) is 13.1. The standard InChI is InChI=1S/C24H31IN4O5S/c1-14-20(35-13-27-14)16-7-5-15(6-8-16)10-26-22(32)18-9-17(30)11-29(18)23(33)21(24(2,3)4)28-19(31)12-34-25/h5-8,13,17-18,21,30H,9-12H2,1-4H3,(H,26,32)(H,28,31)/t17-,18+,21?/m1/s1. The number of nitrogens with zero attached hydrogens (tertiary/aromatic N) is 2. The molecular formula is C24H31IN4O5S. The van der Waals surface area contributed by atoms with E-state index in [2.05, 4.69) is 15.6 Å². The molecule has 2 heterocycles. The Balaban J connectivity index is 1.67. The Morgan fingerprint density at radius 3 is 2.54 bits per heavy atom. The average molecular weight is 615 g/mol. The number of aliphatic hydroxyl groups is 1. The molecule has 1 aliphatic heterocycles. The van der Waals surface area contributed by atoms with E-state index in [-0.39, 0.29) is 25.5 Å². The highest BCUT2D eigenvalue weighted by Crippen LogP contribution is 2.28. The zero-order valence-electron chi connectivity index (χ0n) is 20.2. The Morgan fingerprint density at radius 2 is 1.97 bits per heavy atom. The number of nitrogens with one attached hydrogen (secondary N) is 2. The highest BCUT2D eigenvalue weighted by Gasteiger charge is 2.44. The van der Waals surface area contributed by atoms with Crippen molar-refractivity contribution in [2.24, 2.45) is 5.41 Å². The number of carbonyl (C=O) groups is 3. The van der Waals surface area contributed by atoms with Crippen molar-refractivity contribution < 1.29 is 22.6 Å². The van der Waals surface area contributed by atoms with E-state index in [1.165, 1.54) is 4.90 Å². The highest BCUT2D eigenvalue weighted by molar-refractivity contribution is 14.1. The van der Waals surface area contributed by atoms with Crippen LogP contribution >= 0.6 is 34.3 Å². The van der Waals surface area contributed by atoms with Crippen molar-refractivity contribution in [1.29, 1.82) is 0 Å². The van der Waals surface area contributed by atoms with Crippen molar-refractivity contribution in [1.82, 2.24) is 20.5 Å². The molecule has 1 aromatic heterocycles. The van der Waals surface area contributed by atoms with Gasteiger partial charge in [-0.15, -0.1) is 11.3 Å². The van der Waals surface area contributed by atoms with Gasteiger partial charge in [0, 0.05) is 19.5 Å². The number of hydrogen-bond acceptors (Lipinski definition) is 7.